The number of hydrogen-bond acceptors (Lipinski definition) is 0. The van der Waals surface area contributed by atoms with Crippen LogP contribution in [0.2, 0.25) is 0 Å². The summed E-state index contributed by atoms with van der Waals surface area (Å²) in [6, 6.07) is 0. The normalized spacial score (nSPS) is 5.50. The maximum Gasteiger partial charge on any atom is 0 e. The first-order valence-corrected chi connectivity index (χ1v) is 1.55. The molecule has 0 spiro atoms. The average Bonchev–Trinajstić information content (AvgIpc) is 1.38. The molecule has 0 unspecified atom stereocenters. The van der Waals surface area contributed by atoms with E-state index in [4.69, 9.17) is 0 Å². The molecule has 0 nitrogen and oxygen atoms in total. The minimum absolute atomic E-state index is 0. The maximum atomic E-state index is 3.56. The van der Waals surface area contributed by atoms with Crippen LogP contribution in [-0.2, 0) is 17.1 Å². The SMILES string of the molecule is C=CC(=C)C.[Fe]. The molecule has 0 saturated heterocycles. The molecule has 0 fully saturated rings. The van der Waals surface area contributed by atoms with E-state index >= 15 is 0 Å². The van der Waals surface area contributed by atoms with Gasteiger partial charge in [0.25, 0.3) is 0 Å². The van der Waals surface area contributed by atoms with Gasteiger partial charge in [0.2, 0.25) is 0 Å². The third-order valence-electron chi connectivity index (χ3n) is 0.348. The summed E-state index contributed by atoms with van der Waals surface area (Å²) in [5.41, 5.74) is 1.02. The van der Waals surface area contributed by atoms with Crippen molar-refractivity contribution in [3.05, 3.63) is 24.8 Å². The van der Waals surface area contributed by atoms with Crippen molar-refractivity contribution >= 4 is 0 Å². The van der Waals surface area contributed by atoms with E-state index in [0.29, 0.717) is 0 Å². The molecule has 6 heavy (non-hydrogen) atoms. The van der Waals surface area contributed by atoms with Crippen LogP contribution in [0.1, 0.15) is 6.92 Å². The summed E-state index contributed by atoms with van der Waals surface area (Å²) >= 11 is 0. The largest absolute Gasteiger partial charge is 0.0988 e. The zero-order valence-corrected chi connectivity index (χ0v) is 4.95. The van der Waals surface area contributed by atoms with Gasteiger partial charge in [-0.25, -0.2) is 0 Å². The van der Waals surface area contributed by atoms with Gasteiger partial charge in [-0.2, -0.15) is 0 Å². The predicted molar refractivity (Wildman–Crippen MR) is 25.0 cm³/mol. The standard InChI is InChI=1S/C5H8.Fe/c1-4-5(2)3;/h4H,1-2H2,3H3;. The molecule has 0 saturated carbocycles. The molecule has 0 amide bonds. The summed E-state index contributed by atoms with van der Waals surface area (Å²) in [5.74, 6) is 0. The van der Waals surface area contributed by atoms with E-state index in [1.54, 1.807) is 6.08 Å². The van der Waals surface area contributed by atoms with Gasteiger partial charge in [-0.15, -0.1) is 0 Å². The third-order valence-corrected chi connectivity index (χ3v) is 0.348. The zero-order valence-electron chi connectivity index (χ0n) is 3.85. The second-order valence-electron chi connectivity index (χ2n) is 1.05. The molecule has 0 aromatic rings. The Labute approximate surface area is 49.4 Å². The number of allylic oxidation sites excluding steroid dienone is 2. The molecule has 0 N–H and O–H groups in total. The zero-order chi connectivity index (χ0) is 4.28. The first kappa shape index (κ1) is 9.37. The topological polar surface area (TPSA) is 0 Å². The maximum absolute atomic E-state index is 3.56. The van der Waals surface area contributed by atoms with E-state index in [1.807, 2.05) is 6.92 Å². The van der Waals surface area contributed by atoms with Gasteiger partial charge in [0, 0.05) is 17.1 Å². The van der Waals surface area contributed by atoms with Gasteiger partial charge in [0.15, 0.2) is 0 Å². The van der Waals surface area contributed by atoms with E-state index in [2.05, 4.69) is 13.2 Å². The minimum atomic E-state index is 0. The third kappa shape index (κ3) is 9.00. The Morgan fingerprint density at radius 2 is 1.83 bits per heavy atom. The van der Waals surface area contributed by atoms with Crippen molar-refractivity contribution in [3.8, 4) is 0 Å². The van der Waals surface area contributed by atoms with E-state index in [-0.39, 0.29) is 17.1 Å². The van der Waals surface area contributed by atoms with Crippen molar-refractivity contribution in [2.45, 2.75) is 6.92 Å². The average molecular weight is 124 g/mol. The van der Waals surface area contributed by atoms with Crippen molar-refractivity contribution in [3.63, 3.8) is 0 Å². The molecule has 0 aliphatic carbocycles. The first-order valence-electron chi connectivity index (χ1n) is 1.55. The Bertz CT molecular complexity index is 55.0. The van der Waals surface area contributed by atoms with Crippen LogP contribution in [0.3, 0.4) is 0 Å². The molecule has 0 aliphatic rings. The van der Waals surface area contributed by atoms with Crippen LogP contribution >= 0.6 is 0 Å². The molecular formula is C5H8Fe. The Balaban J connectivity index is 0. The van der Waals surface area contributed by atoms with Crippen LogP contribution in [0.25, 0.3) is 0 Å². The van der Waals surface area contributed by atoms with Crippen LogP contribution in [0.4, 0.5) is 0 Å². The van der Waals surface area contributed by atoms with Crippen LogP contribution < -0.4 is 0 Å². The van der Waals surface area contributed by atoms with Crippen molar-refractivity contribution in [2.24, 2.45) is 0 Å². The molecule has 0 aromatic carbocycles. The molecule has 36 valence electrons. The van der Waals surface area contributed by atoms with E-state index in [1.165, 1.54) is 0 Å². The second kappa shape index (κ2) is 5.00. The Hall–Kier alpha value is -0.000519. The van der Waals surface area contributed by atoms with Gasteiger partial charge in [-0.1, -0.05) is 24.8 Å². The molecule has 0 aliphatic heterocycles. The molecule has 0 bridgehead atoms. The van der Waals surface area contributed by atoms with E-state index in [0.717, 1.165) is 5.57 Å². The first-order chi connectivity index (χ1) is 2.27. The summed E-state index contributed by atoms with van der Waals surface area (Å²) < 4.78 is 0. The van der Waals surface area contributed by atoms with E-state index in [9.17, 15) is 0 Å². The molecule has 0 heterocycles. The van der Waals surface area contributed by atoms with Crippen molar-refractivity contribution in [1.29, 1.82) is 0 Å². The molecule has 0 rings (SSSR count). The molecule has 0 aromatic heterocycles. The summed E-state index contributed by atoms with van der Waals surface area (Å²) in [7, 11) is 0. The monoisotopic (exact) mass is 124 g/mol. The summed E-state index contributed by atoms with van der Waals surface area (Å²) in [5, 5.41) is 0. The van der Waals surface area contributed by atoms with Gasteiger partial charge in [0.1, 0.15) is 0 Å². The van der Waals surface area contributed by atoms with Crippen LogP contribution in [0.15, 0.2) is 24.8 Å². The Morgan fingerprint density at radius 1 is 1.67 bits per heavy atom. The Kier molecular flexibility index (Phi) is 7.81. The van der Waals surface area contributed by atoms with Gasteiger partial charge in [-0.3, -0.25) is 0 Å². The predicted octanol–water partition coefficient (Wildman–Crippen LogP) is 1.75. The van der Waals surface area contributed by atoms with Gasteiger partial charge < -0.3 is 0 Å². The van der Waals surface area contributed by atoms with Gasteiger partial charge in [0.05, 0.1) is 0 Å². The van der Waals surface area contributed by atoms with Crippen LogP contribution in [-0.4, -0.2) is 0 Å². The summed E-state index contributed by atoms with van der Waals surface area (Å²) in [6.45, 7) is 8.93. The van der Waals surface area contributed by atoms with Gasteiger partial charge in [-0.05, 0) is 6.92 Å². The quantitative estimate of drug-likeness (QED) is 0.369. The van der Waals surface area contributed by atoms with Crippen molar-refractivity contribution in [2.75, 3.05) is 0 Å². The fourth-order valence-electron chi connectivity index (χ4n) is 0. The minimum Gasteiger partial charge on any atom is -0.0988 e. The summed E-state index contributed by atoms with van der Waals surface area (Å²) in [6.07, 6.45) is 1.72. The number of hydrogen-bond donors (Lipinski definition) is 0. The molecule has 1 heteroatoms. The molecule has 0 atom stereocenters. The molecular weight excluding hydrogens is 116 g/mol. The van der Waals surface area contributed by atoms with Crippen LogP contribution in [0.5, 0.6) is 0 Å². The van der Waals surface area contributed by atoms with Crippen LogP contribution in [0, 0.1) is 0 Å². The fourth-order valence-corrected chi connectivity index (χ4v) is 0. The van der Waals surface area contributed by atoms with E-state index < -0.39 is 0 Å². The summed E-state index contributed by atoms with van der Waals surface area (Å²) in [4.78, 5) is 0. The fraction of sp³-hybridized carbons (Fsp3) is 0.200. The number of rotatable bonds is 1. The smallest absolute Gasteiger partial charge is 0 e. The van der Waals surface area contributed by atoms with Gasteiger partial charge >= 0.3 is 0 Å². The second-order valence-corrected chi connectivity index (χ2v) is 1.05. The van der Waals surface area contributed by atoms with Crippen molar-refractivity contribution in [1.82, 2.24) is 0 Å². The Morgan fingerprint density at radius 3 is 1.83 bits per heavy atom. The van der Waals surface area contributed by atoms with Crippen molar-refractivity contribution < 1.29 is 17.1 Å². The molecule has 0 radical (unpaired) electrons.